The lowest BCUT2D eigenvalue weighted by Gasteiger charge is -2.11. The number of ether oxygens (including phenoxy) is 1. The summed E-state index contributed by atoms with van der Waals surface area (Å²) in [6.07, 6.45) is 2.70. The van der Waals surface area contributed by atoms with Crippen molar-refractivity contribution in [2.45, 2.75) is 0 Å². The van der Waals surface area contributed by atoms with Crippen LogP contribution in [0.5, 0.6) is 11.6 Å². The van der Waals surface area contributed by atoms with E-state index < -0.39 is 23.0 Å². The molecule has 0 saturated heterocycles. The molecule has 0 fully saturated rings. The fraction of sp³-hybridized carbons (Fsp3) is 0. The molecule has 2 aromatic heterocycles. The summed E-state index contributed by atoms with van der Waals surface area (Å²) in [4.78, 5) is 32.1. The normalized spacial score (nSPS) is 10.7. The van der Waals surface area contributed by atoms with Gasteiger partial charge in [0, 0.05) is 29.4 Å². The maximum absolute atomic E-state index is 13.9. The highest BCUT2D eigenvalue weighted by molar-refractivity contribution is 6.06. The number of halogens is 2. The number of fused-ring (bicyclic) bond motifs is 1. The summed E-state index contributed by atoms with van der Waals surface area (Å²) in [6.45, 7) is 0. The van der Waals surface area contributed by atoms with Crippen molar-refractivity contribution in [1.29, 1.82) is 0 Å². The number of anilines is 1. The van der Waals surface area contributed by atoms with Crippen LogP contribution < -0.4 is 15.5 Å². The Morgan fingerprint density at radius 1 is 1.07 bits per heavy atom. The van der Waals surface area contributed by atoms with Gasteiger partial charge in [0.05, 0.1) is 0 Å². The van der Waals surface area contributed by atoms with Gasteiger partial charge in [0.15, 0.2) is 11.6 Å². The Morgan fingerprint density at radius 3 is 2.72 bits per heavy atom. The van der Waals surface area contributed by atoms with E-state index in [0.29, 0.717) is 17.0 Å². The number of aromatic amines is 1. The minimum absolute atomic E-state index is 0.105. The van der Waals surface area contributed by atoms with Gasteiger partial charge in [-0.15, -0.1) is 0 Å². The second-order valence-corrected chi connectivity index (χ2v) is 6.06. The number of nitrogens with zero attached hydrogens (tertiary/aromatic N) is 1. The number of hydrogen-bond acceptors (Lipinski definition) is 4. The summed E-state index contributed by atoms with van der Waals surface area (Å²) in [5.41, 5.74) is 0.180. The average molecular weight is 393 g/mol. The number of para-hydroxylation sites is 1. The highest BCUT2D eigenvalue weighted by atomic mass is 19.1. The minimum atomic E-state index is -0.918. The van der Waals surface area contributed by atoms with Crippen molar-refractivity contribution >= 4 is 22.5 Å². The van der Waals surface area contributed by atoms with Gasteiger partial charge < -0.3 is 15.0 Å². The van der Waals surface area contributed by atoms with E-state index in [-0.39, 0.29) is 22.9 Å². The van der Waals surface area contributed by atoms with E-state index in [4.69, 9.17) is 4.74 Å². The largest absolute Gasteiger partial charge is 0.434 e. The van der Waals surface area contributed by atoms with Gasteiger partial charge in [-0.05, 0) is 36.4 Å². The number of nitrogens with one attached hydrogen (secondary N) is 2. The lowest BCUT2D eigenvalue weighted by molar-refractivity contribution is 0.102. The van der Waals surface area contributed by atoms with Crippen LogP contribution in [-0.4, -0.2) is 15.9 Å². The molecule has 0 aliphatic heterocycles. The Kier molecular flexibility index (Phi) is 4.74. The lowest BCUT2D eigenvalue weighted by atomic mass is 10.1. The summed E-state index contributed by atoms with van der Waals surface area (Å²) < 4.78 is 32.3. The molecular weight excluding hydrogens is 380 g/mol. The van der Waals surface area contributed by atoms with Gasteiger partial charge in [0.25, 0.3) is 5.91 Å². The van der Waals surface area contributed by atoms with Gasteiger partial charge in [-0.1, -0.05) is 12.1 Å². The number of H-pyrrole nitrogens is 1. The Bertz CT molecular complexity index is 1290. The molecule has 0 bridgehead atoms. The van der Waals surface area contributed by atoms with Crippen molar-refractivity contribution in [1.82, 2.24) is 9.97 Å². The molecule has 2 aromatic carbocycles. The Labute approximate surface area is 162 Å². The number of carbonyl (C=O) groups is 1. The van der Waals surface area contributed by atoms with Crippen molar-refractivity contribution in [2.24, 2.45) is 0 Å². The zero-order chi connectivity index (χ0) is 20.4. The molecule has 4 aromatic rings. The fourth-order valence-corrected chi connectivity index (χ4v) is 2.76. The van der Waals surface area contributed by atoms with Gasteiger partial charge in [-0.2, -0.15) is 0 Å². The molecule has 0 atom stereocenters. The standard InChI is InChI=1S/C21H13F2N3O3/c22-12-7-8-18(15(23)10-12)29-21-17(6-3-9-24-21)26-20(28)14-11-25-16-5-2-1-4-13(16)19(14)27/h1-11H,(H,25,27)(H,26,28). The number of pyridine rings is 2. The lowest BCUT2D eigenvalue weighted by Crippen LogP contribution is -2.22. The van der Waals surface area contributed by atoms with E-state index in [0.717, 1.165) is 12.1 Å². The number of carbonyl (C=O) groups excluding carboxylic acids is 1. The quantitative estimate of drug-likeness (QED) is 0.543. The van der Waals surface area contributed by atoms with Crippen LogP contribution in [0.2, 0.25) is 0 Å². The summed E-state index contributed by atoms with van der Waals surface area (Å²) in [7, 11) is 0. The van der Waals surface area contributed by atoms with E-state index in [1.807, 2.05) is 0 Å². The van der Waals surface area contributed by atoms with Crippen molar-refractivity contribution in [3.05, 3.63) is 94.4 Å². The molecule has 0 unspecified atom stereocenters. The second-order valence-electron chi connectivity index (χ2n) is 6.06. The minimum Gasteiger partial charge on any atom is -0.434 e. The van der Waals surface area contributed by atoms with Crippen molar-refractivity contribution in [2.75, 3.05) is 5.32 Å². The van der Waals surface area contributed by atoms with Crippen molar-refractivity contribution in [3.8, 4) is 11.6 Å². The first-order valence-electron chi connectivity index (χ1n) is 8.52. The predicted octanol–water partition coefficient (Wildman–Crippen LogP) is 4.25. The van der Waals surface area contributed by atoms with Crippen molar-refractivity contribution < 1.29 is 18.3 Å². The number of benzene rings is 2. The third-order valence-corrected chi connectivity index (χ3v) is 4.15. The van der Waals surface area contributed by atoms with Crippen LogP contribution in [0, 0.1) is 11.6 Å². The molecule has 0 aliphatic carbocycles. The van der Waals surface area contributed by atoms with Gasteiger partial charge in [-0.25, -0.2) is 13.8 Å². The number of rotatable bonds is 4. The van der Waals surface area contributed by atoms with E-state index in [1.54, 1.807) is 24.3 Å². The maximum atomic E-state index is 13.9. The summed E-state index contributed by atoms with van der Waals surface area (Å²) >= 11 is 0. The topological polar surface area (TPSA) is 84.1 Å². The van der Waals surface area contributed by atoms with Gasteiger partial charge in [-0.3, -0.25) is 9.59 Å². The van der Waals surface area contributed by atoms with Crippen molar-refractivity contribution in [3.63, 3.8) is 0 Å². The first-order chi connectivity index (χ1) is 14.0. The molecule has 144 valence electrons. The van der Waals surface area contributed by atoms with Crippen LogP contribution in [0.25, 0.3) is 10.9 Å². The van der Waals surface area contributed by atoms with Crippen LogP contribution in [0.15, 0.2) is 71.8 Å². The summed E-state index contributed by atoms with van der Waals surface area (Å²) in [5.74, 6) is -2.72. The van der Waals surface area contributed by atoms with Crippen LogP contribution in [0.4, 0.5) is 14.5 Å². The molecule has 6 nitrogen and oxygen atoms in total. The van der Waals surface area contributed by atoms with E-state index in [9.17, 15) is 18.4 Å². The van der Waals surface area contributed by atoms with E-state index in [2.05, 4.69) is 15.3 Å². The molecule has 29 heavy (non-hydrogen) atoms. The smallest absolute Gasteiger partial charge is 0.261 e. The first kappa shape index (κ1) is 18.3. The Hall–Kier alpha value is -4.07. The van der Waals surface area contributed by atoms with E-state index in [1.165, 1.54) is 24.5 Å². The fourth-order valence-electron chi connectivity index (χ4n) is 2.76. The maximum Gasteiger partial charge on any atom is 0.261 e. The number of hydrogen-bond donors (Lipinski definition) is 2. The van der Waals surface area contributed by atoms with Crippen LogP contribution in [0.1, 0.15) is 10.4 Å². The Morgan fingerprint density at radius 2 is 1.90 bits per heavy atom. The summed E-state index contributed by atoms with van der Waals surface area (Å²) in [5, 5.41) is 2.91. The molecule has 4 rings (SSSR count). The van der Waals surface area contributed by atoms with Crippen LogP contribution >= 0.6 is 0 Å². The van der Waals surface area contributed by atoms with E-state index >= 15 is 0 Å². The first-order valence-corrected chi connectivity index (χ1v) is 8.52. The molecule has 8 heteroatoms. The number of aromatic nitrogens is 2. The molecule has 2 N–H and O–H groups in total. The van der Waals surface area contributed by atoms with Gasteiger partial charge in [0.1, 0.15) is 17.1 Å². The summed E-state index contributed by atoms with van der Waals surface area (Å²) in [6, 6.07) is 12.6. The highest BCUT2D eigenvalue weighted by Gasteiger charge is 2.17. The molecule has 0 spiro atoms. The number of amides is 1. The average Bonchev–Trinajstić information content (AvgIpc) is 2.72. The monoisotopic (exact) mass is 393 g/mol. The third-order valence-electron chi connectivity index (χ3n) is 4.15. The third kappa shape index (κ3) is 3.68. The molecule has 0 aliphatic rings. The second kappa shape index (κ2) is 7.51. The zero-order valence-electron chi connectivity index (χ0n) is 14.8. The molecule has 0 saturated carbocycles. The van der Waals surface area contributed by atoms with Crippen LogP contribution in [-0.2, 0) is 0 Å². The molecular formula is C21H13F2N3O3. The Balaban J connectivity index is 1.64. The highest BCUT2D eigenvalue weighted by Crippen LogP contribution is 2.29. The SMILES string of the molecule is O=C(Nc1cccnc1Oc1ccc(F)cc1F)c1c[nH]c2ccccc2c1=O. The zero-order valence-corrected chi connectivity index (χ0v) is 14.8. The van der Waals surface area contributed by atoms with Gasteiger partial charge >= 0.3 is 0 Å². The molecule has 1 amide bonds. The predicted molar refractivity (Wildman–Crippen MR) is 103 cm³/mol. The van der Waals surface area contributed by atoms with Gasteiger partial charge in [0.2, 0.25) is 11.3 Å². The molecule has 0 radical (unpaired) electrons. The van der Waals surface area contributed by atoms with Crippen LogP contribution in [0.3, 0.4) is 0 Å². The molecule has 2 heterocycles.